The summed E-state index contributed by atoms with van der Waals surface area (Å²) in [7, 11) is 1.62. The number of hydrogen-bond acceptors (Lipinski definition) is 3. The van der Waals surface area contributed by atoms with Crippen LogP contribution in [0.15, 0.2) is 48.8 Å². The third-order valence-electron chi connectivity index (χ3n) is 3.74. The number of ether oxygens (including phenoxy) is 1. The van der Waals surface area contributed by atoms with Gasteiger partial charge in [0.05, 0.1) is 18.7 Å². The molecule has 0 bridgehead atoms. The molecule has 0 radical (unpaired) electrons. The number of hydrogen-bond donors (Lipinski definition) is 2. The quantitative estimate of drug-likeness (QED) is 0.889. The Balaban J connectivity index is 2.06. The van der Waals surface area contributed by atoms with Gasteiger partial charge in [0.1, 0.15) is 5.75 Å². The Morgan fingerprint density at radius 3 is 2.61 bits per heavy atom. The second-order valence-corrected chi connectivity index (χ2v) is 5.93. The van der Waals surface area contributed by atoms with Crippen molar-refractivity contribution >= 4 is 6.03 Å². The molecule has 0 aliphatic heterocycles. The number of aromatic nitrogens is 1. The molecule has 2 rings (SSSR count). The van der Waals surface area contributed by atoms with Gasteiger partial charge in [-0.05, 0) is 38.5 Å². The minimum atomic E-state index is -0.564. The van der Waals surface area contributed by atoms with Gasteiger partial charge in [-0.2, -0.15) is 0 Å². The molecule has 122 valence electrons. The van der Waals surface area contributed by atoms with E-state index in [1.54, 1.807) is 19.5 Å². The summed E-state index contributed by atoms with van der Waals surface area (Å²) in [5, 5.41) is 5.93. The molecule has 0 aliphatic carbocycles. The zero-order valence-electron chi connectivity index (χ0n) is 14.0. The van der Waals surface area contributed by atoms with Crippen molar-refractivity contribution in [2.45, 2.75) is 32.4 Å². The molecule has 1 atom stereocenters. The second-order valence-electron chi connectivity index (χ2n) is 5.93. The molecule has 23 heavy (non-hydrogen) atoms. The van der Waals surface area contributed by atoms with Crippen LogP contribution < -0.4 is 15.4 Å². The first-order valence-electron chi connectivity index (χ1n) is 7.56. The van der Waals surface area contributed by atoms with Crippen molar-refractivity contribution in [1.82, 2.24) is 15.6 Å². The van der Waals surface area contributed by atoms with E-state index >= 15 is 0 Å². The molecule has 5 nitrogen and oxygen atoms in total. The fraction of sp³-hybridized carbons (Fsp3) is 0.333. The van der Waals surface area contributed by atoms with E-state index in [9.17, 15) is 4.79 Å². The summed E-state index contributed by atoms with van der Waals surface area (Å²) in [4.78, 5) is 16.4. The van der Waals surface area contributed by atoms with E-state index in [-0.39, 0.29) is 12.1 Å². The van der Waals surface area contributed by atoms with Crippen LogP contribution in [0.4, 0.5) is 4.79 Å². The van der Waals surface area contributed by atoms with Gasteiger partial charge in [-0.3, -0.25) is 4.98 Å². The summed E-state index contributed by atoms with van der Waals surface area (Å²) in [5.74, 6) is 0.748. The fourth-order valence-corrected chi connectivity index (χ4v) is 2.46. The molecule has 0 fully saturated rings. The van der Waals surface area contributed by atoms with Gasteiger partial charge in [0.25, 0.3) is 0 Å². The molecular weight excluding hydrogens is 290 g/mol. The van der Waals surface area contributed by atoms with E-state index in [4.69, 9.17) is 4.74 Å². The Bertz CT molecular complexity index is 656. The Morgan fingerprint density at radius 1 is 1.22 bits per heavy atom. The highest BCUT2D eigenvalue weighted by molar-refractivity contribution is 5.75. The largest absolute Gasteiger partial charge is 0.496 e. The third-order valence-corrected chi connectivity index (χ3v) is 3.74. The number of rotatable bonds is 5. The highest BCUT2D eigenvalue weighted by atomic mass is 16.5. The Kier molecular flexibility index (Phi) is 5.21. The highest BCUT2D eigenvalue weighted by Crippen LogP contribution is 2.29. The van der Waals surface area contributed by atoms with E-state index in [1.165, 1.54) is 0 Å². The smallest absolute Gasteiger partial charge is 0.315 e. The lowest BCUT2D eigenvalue weighted by molar-refractivity contribution is 0.226. The van der Waals surface area contributed by atoms with Gasteiger partial charge in [-0.15, -0.1) is 0 Å². The van der Waals surface area contributed by atoms with Crippen molar-refractivity contribution in [3.8, 4) is 5.75 Å². The van der Waals surface area contributed by atoms with Crippen LogP contribution in [0, 0.1) is 0 Å². The maximum absolute atomic E-state index is 12.3. The minimum Gasteiger partial charge on any atom is -0.496 e. The Labute approximate surface area is 137 Å². The molecule has 2 amide bonds. The summed E-state index contributed by atoms with van der Waals surface area (Å²) in [6.07, 6.45) is 3.46. The predicted molar refractivity (Wildman–Crippen MR) is 90.3 cm³/mol. The van der Waals surface area contributed by atoms with Gasteiger partial charge < -0.3 is 15.4 Å². The molecule has 0 unspecified atom stereocenters. The number of nitrogens with zero attached hydrogens (tertiary/aromatic N) is 1. The summed E-state index contributed by atoms with van der Waals surface area (Å²) < 4.78 is 5.38. The Morgan fingerprint density at radius 2 is 1.96 bits per heavy atom. The average molecular weight is 313 g/mol. The van der Waals surface area contributed by atoms with Crippen LogP contribution in [0.2, 0.25) is 0 Å². The summed E-state index contributed by atoms with van der Waals surface area (Å²) in [6.45, 7) is 5.81. The van der Waals surface area contributed by atoms with E-state index in [2.05, 4.69) is 15.6 Å². The SMILES string of the molecule is COc1ccccc1C(C)(C)NC(=O)N[C@@H](C)c1cccnc1. The first-order valence-corrected chi connectivity index (χ1v) is 7.56. The van der Waals surface area contributed by atoms with Crippen molar-refractivity contribution in [3.63, 3.8) is 0 Å². The topological polar surface area (TPSA) is 63.2 Å². The van der Waals surface area contributed by atoms with Crippen LogP contribution in [-0.4, -0.2) is 18.1 Å². The van der Waals surface area contributed by atoms with Crippen molar-refractivity contribution in [1.29, 1.82) is 0 Å². The second kappa shape index (κ2) is 7.13. The van der Waals surface area contributed by atoms with Gasteiger partial charge in [0, 0.05) is 18.0 Å². The van der Waals surface area contributed by atoms with E-state index in [1.807, 2.05) is 57.2 Å². The number of urea groups is 1. The standard InChI is InChI=1S/C18H23N3O2/c1-13(14-8-7-11-19-12-14)20-17(22)21-18(2,3)15-9-5-6-10-16(15)23-4/h5-13H,1-4H3,(H2,20,21,22)/t13-/m0/s1. The molecule has 0 saturated carbocycles. The van der Waals surface area contributed by atoms with E-state index < -0.39 is 5.54 Å². The Hall–Kier alpha value is -2.56. The molecule has 0 spiro atoms. The summed E-state index contributed by atoms with van der Waals surface area (Å²) in [6, 6.07) is 11.1. The molecular formula is C18H23N3O2. The molecule has 1 aromatic carbocycles. The molecule has 0 aliphatic rings. The average Bonchev–Trinajstić information content (AvgIpc) is 2.55. The van der Waals surface area contributed by atoms with Crippen molar-refractivity contribution in [3.05, 3.63) is 59.9 Å². The fourth-order valence-electron chi connectivity index (χ4n) is 2.46. The lowest BCUT2D eigenvalue weighted by Gasteiger charge is -2.29. The number of methoxy groups -OCH3 is 1. The molecule has 1 aromatic heterocycles. The normalized spacial score (nSPS) is 12.3. The monoisotopic (exact) mass is 313 g/mol. The molecule has 1 heterocycles. The zero-order chi connectivity index (χ0) is 16.9. The number of para-hydroxylation sites is 1. The van der Waals surface area contributed by atoms with Crippen LogP contribution in [0.25, 0.3) is 0 Å². The lowest BCUT2D eigenvalue weighted by Crippen LogP contribution is -2.47. The van der Waals surface area contributed by atoms with Crippen LogP contribution in [0.5, 0.6) is 5.75 Å². The van der Waals surface area contributed by atoms with Gasteiger partial charge in [-0.25, -0.2) is 4.79 Å². The van der Waals surface area contributed by atoms with Gasteiger partial charge in [-0.1, -0.05) is 24.3 Å². The summed E-state index contributed by atoms with van der Waals surface area (Å²) >= 11 is 0. The number of carbonyl (C=O) groups is 1. The van der Waals surface area contributed by atoms with Gasteiger partial charge in [0.2, 0.25) is 0 Å². The number of pyridine rings is 1. The molecule has 5 heteroatoms. The van der Waals surface area contributed by atoms with Crippen LogP contribution in [0.3, 0.4) is 0 Å². The minimum absolute atomic E-state index is 0.128. The lowest BCUT2D eigenvalue weighted by atomic mass is 9.93. The number of benzene rings is 1. The molecule has 2 N–H and O–H groups in total. The van der Waals surface area contributed by atoms with Crippen molar-refractivity contribution < 1.29 is 9.53 Å². The van der Waals surface area contributed by atoms with Crippen molar-refractivity contribution in [2.24, 2.45) is 0 Å². The van der Waals surface area contributed by atoms with E-state index in [0.29, 0.717) is 0 Å². The first kappa shape index (κ1) is 16.8. The van der Waals surface area contributed by atoms with Crippen LogP contribution in [-0.2, 0) is 5.54 Å². The van der Waals surface area contributed by atoms with E-state index in [0.717, 1.165) is 16.9 Å². The number of nitrogens with one attached hydrogen (secondary N) is 2. The maximum atomic E-state index is 12.3. The van der Waals surface area contributed by atoms with Gasteiger partial charge in [0.15, 0.2) is 0 Å². The zero-order valence-corrected chi connectivity index (χ0v) is 14.0. The number of amides is 2. The van der Waals surface area contributed by atoms with Crippen LogP contribution >= 0.6 is 0 Å². The number of carbonyl (C=O) groups excluding carboxylic acids is 1. The third kappa shape index (κ3) is 4.22. The van der Waals surface area contributed by atoms with Crippen molar-refractivity contribution in [2.75, 3.05) is 7.11 Å². The maximum Gasteiger partial charge on any atom is 0.315 e. The molecule has 0 saturated heterocycles. The molecule has 2 aromatic rings. The van der Waals surface area contributed by atoms with Crippen LogP contribution in [0.1, 0.15) is 37.9 Å². The van der Waals surface area contributed by atoms with Gasteiger partial charge >= 0.3 is 6.03 Å². The highest BCUT2D eigenvalue weighted by Gasteiger charge is 2.26. The first-order chi connectivity index (χ1) is 10.9. The predicted octanol–water partition coefficient (Wildman–Crippen LogP) is 3.39. The summed E-state index contributed by atoms with van der Waals surface area (Å²) in [5.41, 5.74) is 1.31.